The van der Waals surface area contributed by atoms with Gasteiger partial charge in [-0.1, -0.05) is 53.4 Å². The van der Waals surface area contributed by atoms with Crippen molar-refractivity contribution in [2.75, 3.05) is 32.7 Å². The van der Waals surface area contributed by atoms with Crippen molar-refractivity contribution in [1.82, 2.24) is 9.38 Å². The highest BCUT2D eigenvalue weighted by molar-refractivity contribution is 6.42. The van der Waals surface area contributed by atoms with Gasteiger partial charge >= 0.3 is 0 Å². The third-order valence-electron chi connectivity index (χ3n) is 7.27. The van der Waals surface area contributed by atoms with Gasteiger partial charge in [0, 0.05) is 31.5 Å². The first kappa shape index (κ1) is 28.2. The summed E-state index contributed by atoms with van der Waals surface area (Å²) in [7, 11) is 0. The zero-order valence-electron chi connectivity index (χ0n) is 19.0. The summed E-state index contributed by atoms with van der Waals surface area (Å²) < 4.78 is 0.937. The fourth-order valence-electron chi connectivity index (χ4n) is 5.43. The minimum absolute atomic E-state index is 0. The number of hydrogen-bond donors (Lipinski definition) is 1. The summed E-state index contributed by atoms with van der Waals surface area (Å²) in [5.41, 5.74) is 9.57. The highest BCUT2D eigenvalue weighted by Crippen LogP contribution is 2.37. The third-order valence-corrected chi connectivity index (χ3v) is 8.01. The van der Waals surface area contributed by atoms with Crippen molar-refractivity contribution in [2.24, 2.45) is 17.6 Å². The second-order valence-corrected chi connectivity index (χ2v) is 10.1. The highest BCUT2D eigenvalue weighted by Gasteiger charge is 2.42. The Morgan fingerprint density at radius 2 is 1.70 bits per heavy atom. The van der Waals surface area contributed by atoms with Crippen molar-refractivity contribution >= 4 is 59.6 Å². The molecule has 2 fully saturated rings. The SMILES string of the molecule is Cc1ccc([N+]2(C[C@@H]3CCC[C@H]3C(N)=O)CCN(Cc3ccc(Cl)c(Cl)c3)CC2)cc1.Cl.Cl. The standard InChI is InChI=1S/C25H31Cl2N3O.2ClH/c1-18-5-8-21(9-6-18)30(17-20-3-2-4-22(20)25(28)31)13-11-29(12-14-30)16-19-7-10-23(26)24(27)15-19;;/h5-10,15,20,22H,2-4,11-14,16-17H2,1H3,(H-,28,31);2*1H/p+1/t20-,22+;;/m0../s1. The van der Waals surface area contributed by atoms with E-state index in [1.807, 2.05) is 12.1 Å². The number of quaternary nitrogens is 1. The topological polar surface area (TPSA) is 46.3 Å². The van der Waals surface area contributed by atoms with Crippen LogP contribution >= 0.6 is 48.0 Å². The van der Waals surface area contributed by atoms with E-state index in [0.29, 0.717) is 16.0 Å². The van der Waals surface area contributed by atoms with Crippen LogP contribution in [0.1, 0.15) is 30.4 Å². The summed E-state index contributed by atoms with van der Waals surface area (Å²) in [6.07, 6.45) is 3.15. The molecule has 4 rings (SSSR count). The maximum absolute atomic E-state index is 12.0. The molecular weight excluding hydrogens is 500 g/mol. The Morgan fingerprint density at radius 1 is 1.03 bits per heavy atom. The van der Waals surface area contributed by atoms with Crippen LogP contribution in [0.3, 0.4) is 0 Å². The molecule has 1 heterocycles. The van der Waals surface area contributed by atoms with Gasteiger partial charge in [-0.2, -0.15) is 0 Å². The first-order chi connectivity index (χ1) is 14.9. The van der Waals surface area contributed by atoms with E-state index in [0.717, 1.165) is 63.0 Å². The van der Waals surface area contributed by atoms with Gasteiger partial charge < -0.3 is 5.73 Å². The van der Waals surface area contributed by atoms with Crippen LogP contribution in [0.25, 0.3) is 0 Å². The van der Waals surface area contributed by atoms with Gasteiger partial charge in [0.15, 0.2) is 0 Å². The van der Waals surface area contributed by atoms with Gasteiger partial charge in [-0.15, -0.1) is 24.8 Å². The predicted molar refractivity (Wildman–Crippen MR) is 144 cm³/mol. The minimum Gasteiger partial charge on any atom is -0.369 e. The van der Waals surface area contributed by atoms with Gasteiger partial charge in [0.2, 0.25) is 5.91 Å². The van der Waals surface area contributed by atoms with Crippen molar-refractivity contribution in [3.63, 3.8) is 0 Å². The summed E-state index contributed by atoms with van der Waals surface area (Å²) in [6.45, 7) is 8.07. The van der Waals surface area contributed by atoms with Crippen LogP contribution in [0.2, 0.25) is 10.0 Å². The van der Waals surface area contributed by atoms with Gasteiger partial charge in [0.25, 0.3) is 0 Å². The molecule has 8 heteroatoms. The average molecular weight is 534 g/mol. The molecule has 2 atom stereocenters. The lowest BCUT2D eigenvalue weighted by Crippen LogP contribution is -2.62. The number of halogens is 4. The largest absolute Gasteiger partial charge is 0.369 e. The molecule has 1 amide bonds. The van der Waals surface area contributed by atoms with Crippen molar-refractivity contribution in [3.05, 3.63) is 63.6 Å². The first-order valence-electron chi connectivity index (χ1n) is 11.3. The lowest BCUT2D eigenvalue weighted by atomic mass is 9.93. The lowest BCUT2D eigenvalue weighted by molar-refractivity contribution is -0.123. The number of hydrogen-bond acceptors (Lipinski definition) is 2. The number of amides is 1. The molecule has 0 aromatic heterocycles. The number of benzene rings is 2. The van der Waals surface area contributed by atoms with E-state index in [4.69, 9.17) is 28.9 Å². The van der Waals surface area contributed by atoms with E-state index in [-0.39, 0.29) is 36.6 Å². The predicted octanol–water partition coefficient (Wildman–Crippen LogP) is 5.87. The molecule has 2 aliphatic rings. The molecule has 1 saturated carbocycles. The fraction of sp³-hybridized carbons (Fsp3) is 0.480. The van der Waals surface area contributed by atoms with E-state index in [1.54, 1.807) is 0 Å². The molecule has 2 aromatic carbocycles. The van der Waals surface area contributed by atoms with Crippen molar-refractivity contribution < 1.29 is 4.79 Å². The Bertz CT molecular complexity index is 930. The summed E-state index contributed by atoms with van der Waals surface area (Å²) in [4.78, 5) is 14.5. The molecule has 2 N–H and O–H groups in total. The molecule has 1 aliphatic heterocycles. The number of aryl methyl sites for hydroxylation is 1. The number of carbonyl (C=O) groups excluding carboxylic acids is 1. The number of nitrogens with zero attached hydrogens (tertiary/aromatic N) is 2. The molecule has 1 aliphatic carbocycles. The number of rotatable bonds is 6. The van der Waals surface area contributed by atoms with Crippen LogP contribution in [0.5, 0.6) is 0 Å². The number of primary amides is 1. The molecule has 1 saturated heterocycles. The van der Waals surface area contributed by atoms with E-state index in [2.05, 4.69) is 42.2 Å². The van der Waals surface area contributed by atoms with Crippen molar-refractivity contribution in [1.29, 1.82) is 0 Å². The van der Waals surface area contributed by atoms with Gasteiger partial charge in [-0.05, 0) is 49.6 Å². The minimum atomic E-state index is -0.122. The molecule has 4 nitrogen and oxygen atoms in total. The maximum Gasteiger partial charge on any atom is 0.221 e. The maximum atomic E-state index is 12.0. The van der Waals surface area contributed by atoms with Crippen molar-refractivity contribution in [3.8, 4) is 0 Å². The summed E-state index contributed by atoms with van der Waals surface area (Å²) in [6, 6.07) is 14.9. The lowest BCUT2D eigenvalue weighted by Gasteiger charge is -2.46. The Balaban J connectivity index is 0.00000193. The highest BCUT2D eigenvalue weighted by atomic mass is 35.5. The van der Waals surface area contributed by atoms with Gasteiger partial charge in [0.1, 0.15) is 5.69 Å². The second-order valence-electron chi connectivity index (χ2n) is 9.33. The van der Waals surface area contributed by atoms with E-state index in [9.17, 15) is 4.79 Å². The zero-order chi connectivity index (χ0) is 22.0. The summed E-state index contributed by atoms with van der Waals surface area (Å²) in [5.74, 6) is 0.276. The molecule has 182 valence electrons. The van der Waals surface area contributed by atoms with Crippen LogP contribution < -0.4 is 10.2 Å². The monoisotopic (exact) mass is 532 g/mol. The molecule has 0 spiro atoms. The molecule has 33 heavy (non-hydrogen) atoms. The molecular formula is C25H34Cl4N3O+. The van der Waals surface area contributed by atoms with Gasteiger partial charge in [-0.3, -0.25) is 14.2 Å². The fourth-order valence-corrected chi connectivity index (χ4v) is 5.75. The zero-order valence-corrected chi connectivity index (χ0v) is 22.2. The Labute approximate surface area is 219 Å². The Hall–Kier alpha value is -1.01. The van der Waals surface area contributed by atoms with Gasteiger partial charge in [-0.25, -0.2) is 0 Å². The van der Waals surface area contributed by atoms with Gasteiger partial charge in [0.05, 0.1) is 29.7 Å². The van der Waals surface area contributed by atoms with E-state index in [1.165, 1.54) is 16.8 Å². The normalized spacial score (nSPS) is 22.3. The second kappa shape index (κ2) is 12.1. The van der Waals surface area contributed by atoms with E-state index >= 15 is 0 Å². The molecule has 0 unspecified atom stereocenters. The Morgan fingerprint density at radius 3 is 2.30 bits per heavy atom. The van der Waals surface area contributed by atoms with E-state index < -0.39 is 0 Å². The number of nitrogens with two attached hydrogens (primary N) is 1. The smallest absolute Gasteiger partial charge is 0.221 e. The molecule has 2 aromatic rings. The van der Waals surface area contributed by atoms with Crippen LogP contribution in [-0.4, -0.2) is 43.5 Å². The number of carbonyl (C=O) groups is 1. The quantitative estimate of drug-likeness (QED) is 0.472. The summed E-state index contributed by atoms with van der Waals surface area (Å²) in [5, 5.41) is 1.21. The van der Waals surface area contributed by atoms with Crippen molar-refractivity contribution in [2.45, 2.75) is 32.7 Å². The Kier molecular flexibility index (Phi) is 10.4. The van der Waals surface area contributed by atoms with Crippen LogP contribution in [0.4, 0.5) is 5.69 Å². The third kappa shape index (κ3) is 6.56. The average Bonchev–Trinajstić information content (AvgIpc) is 3.21. The van der Waals surface area contributed by atoms with Crippen LogP contribution in [0.15, 0.2) is 42.5 Å². The number of piperazine rings is 1. The molecule has 0 radical (unpaired) electrons. The summed E-state index contributed by atoms with van der Waals surface area (Å²) >= 11 is 12.3. The van der Waals surface area contributed by atoms with Crippen LogP contribution in [0, 0.1) is 18.8 Å². The molecule has 0 bridgehead atoms. The van der Waals surface area contributed by atoms with Crippen LogP contribution in [-0.2, 0) is 11.3 Å². The first-order valence-corrected chi connectivity index (χ1v) is 12.0.